The molecule has 2 atom stereocenters. The maximum atomic E-state index is 12.7. The molecule has 0 radical (unpaired) electrons. The molecule has 0 saturated carbocycles. The van der Waals surface area contributed by atoms with E-state index < -0.39 is 0 Å². The summed E-state index contributed by atoms with van der Waals surface area (Å²) in [6, 6.07) is 1.37. The van der Waals surface area contributed by atoms with Crippen LogP contribution < -0.4 is 5.32 Å². The minimum Gasteiger partial charge on any atom is -0.381 e. The first-order valence-electron chi connectivity index (χ1n) is 8.57. The van der Waals surface area contributed by atoms with E-state index in [0.717, 1.165) is 51.7 Å². The second-order valence-electron chi connectivity index (χ2n) is 6.89. The number of amides is 2. The Bertz CT molecular complexity index is 558. The lowest BCUT2D eigenvalue weighted by Crippen LogP contribution is -2.53. The predicted molar refractivity (Wildman–Crippen MR) is 86.5 cm³/mol. The van der Waals surface area contributed by atoms with Gasteiger partial charge < -0.3 is 15.0 Å². The smallest absolute Gasteiger partial charge is 0.318 e. The van der Waals surface area contributed by atoms with Crippen LogP contribution >= 0.6 is 11.6 Å². The molecule has 3 aliphatic rings. The lowest BCUT2D eigenvalue weighted by molar-refractivity contribution is 0.0730. The van der Waals surface area contributed by atoms with Crippen molar-refractivity contribution in [3.63, 3.8) is 0 Å². The van der Waals surface area contributed by atoms with Gasteiger partial charge in [0.05, 0.1) is 17.3 Å². The number of carbonyl (C=O) groups is 1. The van der Waals surface area contributed by atoms with Crippen molar-refractivity contribution >= 4 is 17.6 Å². The van der Waals surface area contributed by atoms with Crippen molar-refractivity contribution in [1.82, 2.24) is 20.0 Å². The summed E-state index contributed by atoms with van der Waals surface area (Å²) in [5.41, 5.74) is 0. The maximum absolute atomic E-state index is 12.7. The summed E-state index contributed by atoms with van der Waals surface area (Å²) in [7, 11) is 0. The number of urea groups is 1. The second-order valence-corrected chi connectivity index (χ2v) is 7.33. The van der Waals surface area contributed by atoms with Crippen molar-refractivity contribution in [2.75, 3.05) is 13.2 Å². The number of fused-ring (bicyclic) bond motifs is 2. The third kappa shape index (κ3) is 3.06. The molecule has 1 N–H and O–H groups in total. The quantitative estimate of drug-likeness (QED) is 0.901. The van der Waals surface area contributed by atoms with Crippen molar-refractivity contribution < 1.29 is 9.53 Å². The molecule has 4 rings (SSSR count). The van der Waals surface area contributed by atoms with Gasteiger partial charge in [-0.2, -0.15) is 5.10 Å². The van der Waals surface area contributed by atoms with Crippen molar-refractivity contribution in [3.05, 3.63) is 17.4 Å². The number of halogens is 1. The largest absolute Gasteiger partial charge is 0.381 e. The normalized spacial score (nSPS) is 31.3. The van der Waals surface area contributed by atoms with Gasteiger partial charge in [-0.05, 0) is 38.5 Å². The first-order chi connectivity index (χ1) is 11.2. The highest BCUT2D eigenvalue weighted by atomic mass is 35.5. The van der Waals surface area contributed by atoms with Gasteiger partial charge in [-0.1, -0.05) is 11.6 Å². The van der Waals surface area contributed by atoms with Gasteiger partial charge in [0.25, 0.3) is 0 Å². The number of ether oxygens (including phenoxy) is 1. The van der Waals surface area contributed by atoms with E-state index in [4.69, 9.17) is 16.3 Å². The SMILES string of the molecule is O=C(NC1CCOCC1)N1C2CCC1CC(n1cc(Cl)cn1)C2. The first-order valence-corrected chi connectivity index (χ1v) is 8.95. The third-order valence-electron chi connectivity index (χ3n) is 5.44. The summed E-state index contributed by atoms with van der Waals surface area (Å²) in [5, 5.41) is 8.24. The molecule has 3 aliphatic heterocycles. The van der Waals surface area contributed by atoms with E-state index >= 15 is 0 Å². The second kappa shape index (κ2) is 6.32. The zero-order chi connectivity index (χ0) is 15.8. The summed E-state index contributed by atoms with van der Waals surface area (Å²) >= 11 is 5.99. The molecule has 126 valence electrons. The van der Waals surface area contributed by atoms with Crippen LogP contribution in [0.1, 0.15) is 44.6 Å². The molecule has 1 aromatic heterocycles. The molecule has 2 amide bonds. The fraction of sp³-hybridized carbons (Fsp3) is 0.750. The molecule has 0 aromatic carbocycles. The minimum atomic E-state index is 0.112. The van der Waals surface area contributed by atoms with E-state index in [9.17, 15) is 4.79 Å². The van der Waals surface area contributed by atoms with Gasteiger partial charge in [-0.3, -0.25) is 4.68 Å². The van der Waals surface area contributed by atoms with Crippen molar-refractivity contribution in [3.8, 4) is 0 Å². The lowest BCUT2D eigenvalue weighted by Gasteiger charge is -2.40. The average molecular weight is 339 g/mol. The topological polar surface area (TPSA) is 59.4 Å². The van der Waals surface area contributed by atoms with Gasteiger partial charge in [0.1, 0.15) is 0 Å². The van der Waals surface area contributed by atoms with Crippen molar-refractivity contribution in [2.45, 2.75) is 62.7 Å². The number of hydrogen-bond donors (Lipinski definition) is 1. The van der Waals surface area contributed by atoms with E-state index in [2.05, 4.69) is 15.3 Å². The van der Waals surface area contributed by atoms with E-state index in [-0.39, 0.29) is 12.1 Å². The van der Waals surface area contributed by atoms with Crippen LogP contribution in [0.3, 0.4) is 0 Å². The Morgan fingerprint density at radius 2 is 1.87 bits per heavy atom. The molecule has 2 bridgehead atoms. The lowest BCUT2D eigenvalue weighted by atomic mass is 9.97. The Balaban J connectivity index is 1.40. The summed E-state index contributed by atoms with van der Waals surface area (Å²) in [6.07, 6.45) is 9.55. The molecule has 3 fully saturated rings. The summed E-state index contributed by atoms with van der Waals surface area (Å²) in [4.78, 5) is 14.8. The minimum absolute atomic E-state index is 0.112. The molecule has 0 spiro atoms. The number of hydrogen-bond acceptors (Lipinski definition) is 3. The van der Waals surface area contributed by atoms with Crippen LogP contribution in [0, 0.1) is 0 Å². The molecule has 1 aromatic rings. The molecule has 4 heterocycles. The van der Waals surface area contributed by atoms with Crippen molar-refractivity contribution in [1.29, 1.82) is 0 Å². The number of nitrogens with one attached hydrogen (secondary N) is 1. The van der Waals surface area contributed by atoms with Crippen LogP contribution in [0.5, 0.6) is 0 Å². The van der Waals surface area contributed by atoms with Crippen LogP contribution in [0.25, 0.3) is 0 Å². The summed E-state index contributed by atoms with van der Waals surface area (Å²) < 4.78 is 7.33. The maximum Gasteiger partial charge on any atom is 0.318 e. The highest BCUT2D eigenvalue weighted by molar-refractivity contribution is 6.30. The van der Waals surface area contributed by atoms with E-state index in [1.807, 2.05) is 10.9 Å². The van der Waals surface area contributed by atoms with Gasteiger partial charge in [-0.25, -0.2) is 4.79 Å². The monoisotopic (exact) mass is 338 g/mol. The number of carbonyl (C=O) groups excluding carboxylic acids is 1. The Kier molecular flexibility index (Phi) is 4.20. The fourth-order valence-corrected chi connectivity index (χ4v) is 4.45. The standard InChI is InChI=1S/C16H23ClN4O2/c17-11-9-18-20(10-11)15-7-13-1-2-14(8-15)21(13)16(22)19-12-3-5-23-6-4-12/h9-10,12-15H,1-8H2,(H,19,22). The molecule has 2 unspecified atom stereocenters. The number of nitrogens with zero attached hydrogens (tertiary/aromatic N) is 3. The molecule has 7 heteroatoms. The highest BCUT2D eigenvalue weighted by Crippen LogP contribution is 2.40. The first kappa shape index (κ1) is 15.3. The zero-order valence-electron chi connectivity index (χ0n) is 13.2. The Hall–Kier alpha value is -1.27. The van der Waals surface area contributed by atoms with Gasteiger partial charge >= 0.3 is 6.03 Å². The van der Waals surface area contributed by atoms with Gasteiger partial charge in [0.2, 0.25) is 0 Å². The zero-order valence-corrected chi connectivity index (χ0v) is 13.9. The molecular formula is C16H23ClN4O2. The Morgan fingerprint density at radius 3 is 2.48 bits per heavy atom. The average Bonchev–Trinajstić information content (AvgIpc) is 3.10. The Labute approximate surface area is 141 Å². The van der Waals surface area contributed by atoms with E-state index in [0.29, 0.717) is 23.1 Å². The van der Waals surface area contributed by atoms with Crippen LogP contribution in [-0.2, 0) is 4.74 Å². The van der Waals surface area contributed by atoms with Gasteiger partial charge in [-0.15, -0.1) is 0 Å². The van der Waals surface area contributed by atoms with Crippen LogP contribution in [0.4, 0.5) is 4.79 Å². The van der Waals surface area contributed by atoms with Crippen LogP contribution in [0.2, 0.25) is 5.02 Å². The van der Waals surface area contributed by atoms with Crippen LogP contribution in [0.15, 0.2) is 12.4 Å². The number of rotatable bonds is 2. The molecule has 3 saturated heterocycles. The van der Waals surface area contributed by atoms with Crippen molar-refractivity contribution in [2.24, 2.45) is 0 Å². The van der Waals surface area contributed by atoms with E-state index in [1.165, 1.54) is 0 Å². The molecule has 23 heavy (non-hydrogen) atoms. The Morgan fingerprint density at radius 1 is 1.17 bits per heavy atom. The molecule has 6 nitrogen and oxygen atoms in total. The fourth-order valence-electron chi connectivity index (χ4n) is 4.30. The van der Waals surface area contributed by atoms with Gasteiger partial charge in [0.15, 0.2) is 0 Å². The molecule has 0 aliphatic carbocycles. The molecular weight excluding hydrogens is 316 g/mol. The van der Waals surface area contributed by atoms with Crippen LogP contribution in [-0.4, -0.2) is 52.1 Å². The predicted octanol–water partition coefficient (Wildman–Crippen LogP) is 2.59. The summed E-state index contributed by atoms with van der Waals surface area (Å²) in [6.45, 7) is 1.50. The van der Waals surface area contributed by atoms with Gasteiger partial charge in [0, 0.05) is 37.5 Å². The highest BCUT2D eigenvalue weighted by Gasteiger charge is 2.44. The summed E-state index contributed by atoms with van der Waals surface area (Å²) in [5.74, 6) is 0. The number of piperidine rings is 1. The van der Waals surface area contributed by atoms with E-state index in [1.54, 1.807) is 6.20 Å². The number of aromatic nitrogens is 2. The third-order valence-corrected chi connectivity index (χ3v) is 5.63.